The zero-order valence-electron chi connectivity index (χ0n) is 9.84. The van der Waals surface area contributed by atoms with Crippen molar-refractivity contribution < 1.29 is 18.0 Å². The average molecular weight is 240 g/mol. The van der Waals surface area contributed by atoms with Gasteiger partial charge in [-0.15, -0.1) is 0 Å². The average Bonchev–Trinajstić information content (AvgIpc) is 2.10. The molecular formula is C10H19F3N2O. The molecular weight excluding hydrogens is 221 g/mol. The summed E-state index contributed by atoms with van der Waals surface area (Å²) in [6, 6.07) is -0.845. The monoisotopic (exact) mass is 240 g/mol. The molecule has 0 bridgehead atoms. The van der Waals surface area contributed by atoms with E-state index in [0.29, 0.717) is 6.42 Å². The Balaban J connectivity index is 4.41. The lowest BCUT2D eigenvalue weighted by Gasteiger charge is -2.25. The molecule has 0 heterocycles. The maximum Gasteiger partial charge on any atom is 0.406 e. The molecule has 0 aliphatic carbocycles. The normalized spacial score (nSPS) is 14.0. The Bertz CT molecular complexity index is 229. The van der Waals surface area contributed by atoms with E-state index in [0.717, 1.165) is 4.90 Å². The number of halogens is 3. The van der Waals surface area contributed by atoms with Gasteiger partial charge in [0.05, 0.1) is 6.04 Å². The van der Waals surface area contributed by atoms with Gasteiger partial charge in [-0.25, -0.2) is 0 Å². The third-order valence-corrected chi connectivity index (χ3v) is 2.11. The molecule has 0 radical (unpaired) electrons. The number of rotatable bonds is 5. The molecule has 96 valence electrons. The van der Waals surface area contributed by atoms with E-state index in [4.69, 9.17) is 5.73 Å². The van der Waals surface area contributed by atoms with Crippen molar-refractivity contribution in [3.8, 4) is 0 Å². The van der Waals surface area contributed by atoms with Gasteiger partial charge < -0.3 is 10.6 Å². The Morgan fingerprint density at radius 2 is 1.88 bits per heavy atom. The molecule has 1 amide bonds. The van der Waals surface area contributed by atoms with Crippen molar-refractivity contribution in [2.24, 2.45) is 11.7 Å². The van der Waals surface area contributed by atoms with Crippen LogP contribution in [0.4, 0.5) is 13.2 Å². The summed E-state index contributed by atoms with van der Waals surface area (Å²) in [5, 5.41) is 0. The topological polar surface area (TPSA) is 46.3 Å². The van der Waals surface area contributed by atoms with Crippen molar-refractivity contribution in [2.45, 2.75) is 39.4 Å². The highest BCUT2D eigenvalue weighted by Gasteiger charge is 2.33. The predicted molar refractivity (Wildman–Crippen MR) is 55.7 cm³/mol. The number of hydrogen-bond donors (Lipinski definition) is 1. The molecule has 0 saturated heterocycles. The zero-order valence-corrected chi connectivity index (χ0v) is 9.84. The molecule has 0 spiro atoms. The van der Waals surface area contributed by atoms with Crippen molar-refractivity contribution in [3.05, 3.63) is 0 Å². The van der Waals surface area contributed by atoms with Gasteiger partial charge in [0, 0.05) is 6.54 Å². The van der Waals surface area contributed by atoms with Crippen LogP contribution in [0.1, 0.15) is 27.2 Å². The standard InChI is InChI=1S/C10H19F3N2O/c1-4-15(6-10(11,12)13)9(16)8(14)5-7(2)3/h7-8H,4-6,14H2,1-3H3/t8-/m0/s1. The second kappa shape index (κ2) is 6.08. The predicted octanol–water partition coefficient (Wildman–Crippen LogP) is 1.77. The molecule has 0 aliphatic rings. The summed E-state index contributed by atoms with van der Waals surface area (Å²) in [5.74, 6) is -0.447. The number of nitrogens with two attached hydrogens (primary N) is 1. The van der Waals surface area contributed by atoms with Crippen LogP contribution in [0.3, 0.4) is 0 Å². The van der Waals surface area contributed by atoms with E-state index in [1.165, 1.54) is 6.92 Å². The number of carbonyl (C=O) groups excluding carboxylic acids is 1. The second-order valence-corrected chi connectivity index (χ2v) is 4.20. The molecule has 3 nitrogen and oxygen atoms in total. The van der Waals surface area contributed by atoms with Crippen LogP contribution in [-0.2, 0) is 4.79 Å². The molecule has 0 aromatic heterocycles. The van der Waals surface area contributed by atoms with Gasteiger partial charge in [-0.2, -0.15) is 13.2 Å². The highest BCUT2D eigenvalue weighted by atomic mass is 19.4. The summed E-state index contributed by atoms with van der Waals surface area (Å²) < 4.78 is 36.4. The molecule has 0 rings (SSSR count). The second-order valence-electron chi connectivity index (χ2n) is 4.20. The SMILES string of the molecule is CCN(CC(F)(F)F)C(=O)[C@@H](N)CC(C)C. The van der Waals surface area contributed by atoms with Crippen molar-refractivity contribution >= 4 is 5.91 Å². The first-order valence-corrected chi connectivity index (χ1v) is 5.28. The van der Waals surface area contributed by atoms with Gasteiger partial charge in [-0.3, -0.25) is 4.79 Å². The lowest BCUT2D eigenvalue weighted by Crippen LogP contribution is -2.47. The van der Waals surface area contributed by atoms with E-state index in [-0.39, 0.29) is 12.5 Å². The number of alkyl halides is 3. The highest BCUT2D eigenvalue weighted by Crippen LogP contribution is 2.17. The first-order valence-electron chi connectivity index (χ1n) is 5.28. The number of likely N-dealkylation sites (N-methyl/N-ethyl adjacent to an activating group) is 1. The van der Waals surface area contributed by atoms with Crippen LogP contribution in [0.15, 0.2) is 0 Å². The van der Waals surface area contributed by atoms with E-state index >= 15 is 0 Å². The number of carbonyl (C=O) groups is 1. The summed E-state index contributed by atoms with van der Waals surface area (Å²) in [5.41, 5.74) is 5.55. The van der Waals surface area contributed by atoms with Gasteiger partial charge in [-0.1, -0.05) is 13.8 Å². The van der Waals surface area contributed by atoms with Gasteiger partial charge >= 0.3 is 6.18 Å². The first-order chi connectivity index (χ1) is 7.17. The van der Waals surface area contributed by atoms with E-state index in [1.54, 1.807) is 0 Å². The van der Waals surface area contributed by atoms with Crippen LogP contribution in [0.2, 0.25) is 0 Å². The van der Waals surface area contributed by atoms with E-state index in [1.807, 2.05) is 13.8 Å². The van der Waals surface area contributed by atoms with E-state index < -0.39 is 24.7 Å². The molecule has 0 fully saturated rings. The summed E-state index contributed by atoms with van der Waals surface area (Å²) in [7, 11) is 0. The third-order valence-electron chi connectivity index (χ3n) is 2.11. The Hall–Kier alpha value is -0.780. The lowest BCUT2D eigenvalue weighted by atomic mass is 10.0. The summed E-state index contributed by atoms with van der Waals surface area (Å²) in [6.45, 7) is 4.03. The van der Waals surface area contributed by atoms with Crippen LogP contribution in [0.25, 0.3) is 0 Å². The van der Waals surface area contributed by atoms with Crippen LogP contribution in [0, 0.1) is 5.92 Å². The molecule has 1 atom stereocenters. The fourth-order valence-corrected chi connectivity index (χ4v) is 1.41. The summed E-state index contributed by atoms with van der Waals surface area (Å²) >= 11 is 0. The van der Waals surface area contributed by atoms with Crippen molar-refractivity contribution in [3.63, 3.8) is 0 Å². The quantitative estimate of drug-likeness (QED) is 0.796. The molecule has 0 unspecified atom stereocenters. The molecule has 0 aromatic rings. The minimum Gasteiger partial charge on any atom is -0.333 e. The Kier molecular flexibility index (Phi) is 5.78. The van der Waals surface area contributed by atoms with Crippen LogP contribution < -0.4 is 5.73 Å². The largest absolute Gasteiger partial charge is 0.406 e. The molecule has 0 saturated carbocycles. The Morgan fingerprint density at radius 1 is 1.38 bits per heavy atom. The molecule has 16 heavy (non-hydrogen) atoms. The minimum atomic E-state index is -4.37. The van der Waals surface area contributed by atoms with Crippen LogP contribution in [-0.4, -0.2) is 36.1 Å². The minimum absolute atomic E-state index is 0.0180. The Labute approximate surface area is 93.8 Å². The van der Waals surface area contributed by atoms with Crippen molar-refractivity contribution in [1.29, 1.82) is 0 Å². The number of hydrogen-bond acceptors (Lipinski definition) is 2. The fraction of sp³-hybridized carbons (Fsp3) is 0.900. The maximum atomic E-state index is 12.1. The molecule has 2 N–H and O–H groups in total. The van der Waals surface area contributed by atoms with Gasteiger partial charge in [0.15, 0.2) is 0 Å². The summed E-state index contributed by atoms with van der Waals surface area (Å²) in [4.78, 5) is 12.3. The first kappa shape index (κ1) is 15.2. The third kappa shape index (κ3) is 5.95. The molecule has 6 heteroatoms. The number of amides is 1. The van der Waals surface area contributed by atoms with Gasteiger partial charge in [-0.05, 0) is 19.3 Å². The van der Waals surface area contributed by atoms with Crippen LogP contribution >= 0.6 is 0 Å². The van der Waals surface area contributed by atoms with Gasteiger partial charge in [0.2, 0.25) is 5.91 Å². The van der Waals surface area contributed by atoms with Gasteiger partial charge in [0.1, 0.15) is 6.54 Å². The van der Waals surface area contributed by atoms with E-state index in [2.05, 4.69) is 0 Å². The van der Waals surface area contributed by atoms with Crippen LogP contribution in [0.5, 0.6) is 0 Å². The summed E-state index contributed by atoms with van der Waals surface area (Å²) in [6.07, 6.45) is -3.98. The van der Waals surface area contributed by atoms with Gasteiger partial charge in [0.25, 0.3) is 0 Å². The maximum absolute atomic E-state index is 12.1. The zero-order chi connectivity index (χ0) is 12.9. The number of nitrogens with zero attached hydrogens (tertiary/aromatic N) is 1. The molecule has 0 aliphatic heterocycles. The fourth-order valence-electron chi connectivity index (χ4n) is 1.41. The van der Waals surface area contributed by atoms with Crippen molar-refractivity contribution in [1.82, 2.24) is 4.90 Å². The lowest BCUT2D eigenvalue weighted by molar-refractivity contribution is -0.161. The Morgan fingerprint density at radius 3 is 2.19 bits per heavy atom. The van der Waals surface area contributed by atoms with Crippen molar-refractivity contribution in [2.75, 3.05) is 13.1 Å². The molecule has 0 aromatic carbocycles. The van der Waals surface area contributed by atoms with E-state index in [9.17, 15) is 18.0 Å². The highest BCUT2D eigenvalue weighted by molar-refractivity contribution is 5.81. The smallest absolute Gasteiger partial charge is 0.333 e.